The van der Waals surface area contributed by atoms with Gasteiger partial charge in [-0.05, 0) is 0 Å². The summed E-state index contributed by atoms with van der Waals surface area (Å²) in [6.45, 7) is 0. The molecule has 0 radical (unpaired) electrons. The van der Waals surface area contributed by atoms with Crippen LogP contribution in [-0.4, -0.2) is 51.1 Å². The van der Waals surface area contributed by atoms with Crippen LogP contribution in [0.1, 0.15) is 20.7 Å². The molecule has 13 nitrogen and oxygen atoms in total. The quantitative estimate of drug-likeness (QED) is 0.204. The van der Waals surface area contributed by atoms with Crippen LogP contribution in [0.25, 0.3) is 0 Å². The number of carbonyl (C=O) groups excluding carboxylic acids is 3. The maximum atomic E-state index is 11.9. The molecule has 0 aliphatic rings. The van der Waals surface area contributed by atoms with E-state index < -0.39 is 62.9 Å². The third-order valence-corrected chi connectivity index (χ3v) is 2.81. The van der Waals surface area contributed by atoms with Crippen LogP contribution in [0.4, 0.5) is 0 Å². The predicted molar refractivity (Wildman–Crippen MR) is 63.8 cm³/mol. The van der Waals surface area contributed by atoms with E-state index in [-0.39, 0.29) is 20.3 Å². The molecule has 0 aromatic rings. The molecular formula is C9H10LiO13P. The molecule has 130 valence electrons. The number of aliphatic carboxylic acids is 3. The molecule has 24 heavy (non-hydrogen) atoms. The molecule has 0 rings (SSSR count). The summed E-state index contributed by atoms with van der Waals surface area (Å²) in [5.74, 6) is -10.4. The summed E-state index contributed by atoms with van der Waals surface area (Å²) < 4.78 is 23.6. The van der Waals surface area contributed by atoms with E-state index in [1.807, 2.05) is 0 Å². The monoisotopic (exact) mass is 364 g/mol. The first kappa shape index (κ1) is 23.9. The Morgan fingerprint density at radius 1 is 0.667 bits per heavy atom. The molecular weight excluding hydrogens is 354 g/mol. The van der Waals surface area contributed by atoms with Crippen molar-refractivity contribution in [1.29, 1.82) is 0 Å². The molecule has 0 amide bonds. The zero-order valence-corrected chi connectivity index (χ0v) is 12.9. The average Bonchev–Trinajstić information content (AvgIpc) is 2.22. The Labute approximate surface area is 146 Å². The number of phosphoric acid groups is 1. The van der Waals surface area contributed by atoms with Crippen molar-refractivity contribution in [2.45, 2.75) is 19.3 Å². The summed E-state index contributed by atoms with van der Waals surface area (Å²) in [6.07, 6.45) is -4.05. The minimum absolute atomic E-state index is 0. The second kappa shape index (κ2) is 10.4. The van der Waals surface area contributed by atoms with Crippen molar-refractivity contribution in [3.63, 3.8) is 0 Å². The molecule has 0 aliphatic heterocycles. The van der Waals surface area contributed by atoms with E-state index in [9.17, 15) is 33.3 Å². The Bertz CT molecular complexity index is 521. The SMILES string of the molecule is O=C(O)CC(=O)OP(=O)(OC(=O)CC(=O)O)OC(=O)CC(=O)O.[H-].[Li+]. The standard InChI is InChI=1S/C9H9O13P.Li.H/c10-4(11)1-7(16)20-23(19,21-8(17)2-5(12)13)22-9(18)3-6(14)15;;/h1-3H2,(H,10,11)(H,12,13)(H,14,15);;/q;+1;-1. The maximum Gasteiger partial charge on any atom is 1.00 e. The van der Waals surface area contributed by atoms with Gasteiger partial charge in [-0.25, -0.2) is 0 Å². The van der Waals surface area contributed by atoms with Gasteiger partial charge >= 0.3 is 62.5 Å². The summed E-state index contributed by atoms with van der Waals surface area (Å²) in [5, 5.41) is 25.0. The smallest absolute Gasteiger partial charge is 1.00 e. The van der Waals surface area contributed by atoms with E-state index in [2.05, 4.69) is 13.6 Å². The van der Waals surface area contributed by atoms with Crippen LogP contribution in [-0.2, 0) is 46.9 Å². The molecule has 0 saturated heterocycles. The molecule has 15 heteroatoms. The van der Waals surface area contributed by atoms with Gasteiger partial charge in [0.25, 0.3) is 0 Å². The van der Waals surface area contributed by atoms with Crippen molar-refractivity contribution in [2.24, 2.45) is 0 Å². The number of rotatable bonds is 9. The van der Waals surface area contributed by atoms with E-state index in [4.69, 9.17) is 15.3 Å². The van der Waals surface area contributed by atoms with E-state index in [1.165, 1.54) is 0 Å². The van der Waals surface area contributed by atoms with Gasteiger partial charge in [-0.1, -0.05) is 0 Å². The summed E-state index contributed by atoms with van der Waals surface area (Å²) in [4.78, 5) is 64.1. The second-order valence-corrected chi connectivity index (χ2v) is 4.99. The van der Waals surface area contributed by atoms with Crippen LogP contribution >= 0.6 is 7.82 Å². The van der Waals surface area contributed by atoms with Gasteiger partial charge in [0.05, 0.1) is 0 Å². The first-order valence-corrected chi connectivity index (χ1v) is 6.82. The summed E-state index contributed by atoms with van der Waals surface area (Å²) in [7, 11) is -5.40. The second-order valence-electron chi connectivity index (χ2n) is 3.55. The molecule has 0 fully saturated rings. The Hall–Kier alpha value is -2.35. The fourth-order valence-electron chi connectivity index (χ4n) is 0.897. The summed E-state index contributed by atoms with van der Waals surface area (Å²) in [6, 6.07) is 0. The van der Waals surface area contributed by atoms with Crippen LogP contribution < -0.4 is 18.9 Å². The number of phosphoric ester groups is 1. The number of carboxylic acids is 3. The van der Waals surface area contributed by atoms with Gasteiger partial charge in [0, 0.05) is 0 Å². The molecule has 0 bridgehead atoms. The Kier molecular flexibility index (Phi) is 10.4. The van der Waals surface area contributed by atoms with Crippen molar-refractivity contribution >= 4 is 43.6 Å². The molecule has 0 aromatic carbocycles. The fraction of sp³-hybridized carbons (Fsp3) is 0.333. The van der Waals surface area contributed by atoms with Gasteiger partial charge in [-0.2, -0.15) is 4.57 Å². The van der Waals surface area contributed by atoms with Crippen LogP contribution in [0.2, 0.25) is 0 Å². The topological polar surface area (TPSA) is 208 Å². The molecule has 0 saturated carbocycles. The molecule has 0 spiro atoms. The Morgan fingerprint density at radius 3 is 1.04 bits per heavy atom. The maximum absolute atomic E-state index is 11.9. The zero-order valence-electron chi connectivity index (χ0n) is 13.0. The number of hydrogen-bond donors (Lipinski definition) is 3. The van der Waals surface area contributed by atoms with Gasteiger partial charge in [0.2, 0.25) is 0 Å². The summed E-state index contributed by atoms with van der Waals surface area (Å²) >= 11 is 0. The minimum Gasteiger partial charge on any atom is -1.00 e. The molecule has 0 aliphatic carbocycles. The van der Waals surface area contributed by atoms with Gasteiger partial charge in [0.15, 0.2) is 0 Å². The molecule has 0 heterocycles. The molecule has 0 atom stereocenters. The predicted octanol–water partition coefficient (Wildman–Crippen LogP) is -3.74. The van der Waals surface area contributed by atoms with Gasteiger partial charge in [0.1, 0.15) is 19.3 Å². The van der Waals surface area contributed by atoms with Gasteiger partial charge in [-0.15, -0.1) is 0 Å². The van der Waals surface area contributed by atoms with E-state index in [0.29, 0.717) is 0 Å². The fourth-order valence-corrected chi connectivity index (χ4v) is 1.95. The van der Waals surface area contributed by atoms with Crippen molar-refractivity contribution in [3.05, 3.63) is 0 Å². The Balaban J connectivity index is -0.00000242. The zero-order chi connectivity index (χ0) is 18.2. The van der Waals surface area contributed by atoms with Crippen molar-refractivity contribution in [2.75, 3.05) is 0 Å². The average molecular weight is 364 g/mol. The van der Waals surface area contributed by atoms with Gasteiger partial charge in [-0.3, -0.25) is 28.8 Å². The van der Waals surface area contributed by atoms with Crippen LogP contribution in [0.5, 0.6) is 0 Å². The number of hydrogen-bond acceptors (Lipinski definition) is 10. The van der Waals surface area contributed by atoms with Crippen LogP contribution in [0.15, 0.2) is 0 Å². The minimum atomic E-state index is -5.40. The third kappa shape index (κ3) is 11.2. The Morgan fingerprint density at radius 2 is 0.875 bits per heavy atom. The number of carbonyl (C=O) groups is 6. The van der Waals surface area contributed by atoms with Crippen LogP contribution in [0.3, 0.4) is 0 Å². The van der Waals surface area contributed by atoms with Crippen LogP contribution in [0, 0.1) is 0 Å². The molecule has 0 aromatic heterocycles. The number of carboxylic acid groups (broad SMARTS) is 3. The van der Waals surface area contributed by atoms with E-state index in [0.717, 1.165) is 0 Å². The summed E-state index contributed by atoms with van der Waals surface area (Å²) in [5.41, 5.74) is 0. The first-order valence-electron chi connectivity index (χ1n) is 5.36. The van der Waals surface area contributed by atoms with Crippen molar-refractivity contribution in [1.82, 2.24) is 0 Å². The molecule has 3 N–H and O–H groups in total. The van der Waals surface area contributed by atoms with E-state index in [1.54, 1.807) is 0 Å². The van der Waals surface area contributed by atoms with Crippen molar-refractivity contribution in [3.8, 4) is 0 Å². The largest absolute Gasteiger partial charge is 1.00 e. The third-order valence-electron chi connectivity index (χ3n) is 1.53. The first-order chi connectivity index (χ1) is 10.4. The van der Waals surface area contributed by atoms with E-state index >= 15 is 0 Å². The normalized spacial score (nSPS) is 9.83. The van der Waals surface area contributed by atoms with Crippen molar-refractivity contribution < 1.29 is 82.5 Å². The molecule has 0 unspecified atom stereocenters. The van der Waals surface area contributed by atoms with Gasteiger partial charge < -0.3 is 30.3 Å².